The number of ether oxygens (including phenoxy) is 1. The zero-order valence-electron chi connectivity index (χ0n) is 13.5. The number of phenols is 1. The summed E-state index contributed by atoms with van der Waals surface area (Å²) < 4.78 is 6.06. The molecule has 0 heterocycles. The van der Waals surface area contributed by atoms with Crippen LogP contribution in [-0.2, 0) is 0 Å². The molecule has 3 rings (SSSR count). The van der Waals surface area contributed by atoms with Crippen LogP contribution in [0, 0.1) is 0 Å². The fourth-order valence-corrected chi connectivity index (χ4v) is 2.50. The van der Waals surface area contributed by atoms with Crippen LogP contribution in [0.2, 0.25) is 0 Å². The second-order valence-corrected chi connectivity index (χ2v) is 6.31. The number of aromatic hydroxyl groups is 1. The second-order valence-electron chi connectivity index (χ2n) is 5.40. The molecule has 6 heteroatoms. The lowest BCUT2D eigenvalue weighted by molar-refractivity contribution is 0.0731. The number of rotatable bonds is 4. The number of hydrogen-bond donors (Lipinski definition) is 2. The summed E-state index contributed by atoms with van der Waals surface area (Å²) in [5.74, 6) is -0.903. The van der Waals surface area contributed by atoms with Crippen molar-refractivity contribution in [2.45, 2.75) is 0 Å². The lowest BCUT2D eigenvalue weighted by atomic mass is 10.1. The number of anilines is 1. The lowest BCUT2D eigenvalue weighted by Gasteiger charge is -2.09. The zero-order valence-corrected chi connectivity index (χ0v) is 15.1. The van der Waals surface area contributed by atoms with E-state index in [9.17, 15) is 14.7 Å². The molecule has 1 amide bonds. The van der Waals surface area contributed by atoms with Crippen molar-refractivity contribution in [3.63, 3.8) is 0 Å². The summed E-state index contributed by atoms with van der Waals surface area (Å²) in [6.07, 6.45) is 0. The van der Waals surface area contributed by atoms with Gasteiger partial charge in [0.25, 0.3) is 5.91 Å². The van der Waals surface area contributed by atoms with E-state index in [2.05, 4.69) is 21.2 Å². The fourth-order valence-electron chi connectivity index (χ4n) is 2.24. The van der Waals surface area contributed by atoms with Crippen molar-refractivity contribution < 1.29 is 19.4 Å². The van der Waals surface area contributed by atoms with Crippen molar-refractivity contribution in [3.05, 3.63) is 88.4 Å². The molecule has 0 aromatic heterocycles. The predicted molar refractivity (Wildman–Crippen MR) is 102 cm³/mol. The number of halogens is 1. The number of phenolic OH excluding ortho intramolecular Hbond substituents is 1. The Labute approximate surface area is 158 Å². The first-order chi connectivity index (χ1) is 12.5. The molecular formula is C20H14BrNO4. The Morgan fingerprint density at radius 2 is 1.62 bits per heavy atom. The fraction of sp³-hybridized carbons (Fsp3) is 0. The second kappa shape index (κ2) is 7.84. The van der Waals surface area contributed by atoms with Gasteiger partial charge in [0.1, 0.15) is 17.1 Å². The molecule has 26 heavy (non-hydrogen) atoms. The molecule has 0 unspecified atom stereocenters. The van der Waals surface area contributed by atoms with Crippen molar-refractivity contribution in [1.82, 2.24) is 0 Å². The van der Waals surface area contributed by atoms with Gasteiger partial charge < -0.3 is 15.2 Å². The number of amides is 1. The topological polar surface area (TPSA) is 75.6 Å². The summed E-state index contributed by atoms with van der Waals surface area (Å²) in [7, 11) is 0. The first-order valence-corrected chi connectivity index (χ1v) is 8.49. The minimum atomic E-state index is -0.681. The third-order valence-electron chi connectivity index (χ3n) is 3.54. The molecule has 3 aromatic rings. The number of benzene rings is 3. The van der Waals surface area contributed by atoms with Crippen molar-refractivity contribution in [2.24, 2.45) is 0 Å². The van der Waals surface area contributed by atoms with Crippen LogP contribution in [0.15, 0.2) is 77.3 Å². The molecule has 0 aliphatic heterocycles. The maximum atomic E-state index is 12.2. The van der Waals surface area contributed by atoms with Crippen LogP contribution in [0.5, 0.6) is 11.5 Å². The number of esters is 1. The number of para-hydroxylation sites is 1. The van der Waals surface area contributed by atoms with Gasteiger partial charge in [0, 0.05) is 21.8 Å². The monoisotopic (exact) mass is 411 g/mol. The molecule has 0 aliphatic carbocycles. The summed E-state index contributed by atoms with van der Waals surface area (Å²) in [6.45, 7) is 0. The Kier molecular flexibility index (Phi) is 5.34. The summed E-state index contributed by atoms with van der Waals surface area (Å²) in [6, 6.07) is 19.7. The maximum absolute atomic E-state index is 12.2. The van der Waals surface area contributed by atoms with Gasteiger partial charge in [0.2, 0.25) is 0 Å². The Balaban J connectivity index is 1.72. The summed E-state index contributed by atoms with van der Waals surface area (Å²) in [4.78, 5) is 24.3. The maximum Gasteiger partial charge on any atom is 0.347 e. The van der Waals surface area contributed by atoms with Gasteiger partial charge in [0.15, 0.2) is 0 Å². The van der Waals surface area contributed by atoms with Gasteiger partial charge in [-0.1, -0.05) is 34.1 Å². The van der Waals surface area contributed by atoms with Gasteiger partial charge in [0.05, 0.1) is 0 Å². The van der Waals surface area contributed by atoms with Crippen LogP contribution in [0.1, 0.15) is 20.7 Å². The Hall–Kier alpha value is -3.12. The Morgan fingerprint density at radius 1 is 0.923 bits per heavy atom. The highest BCUT2D eigenvalue weighted by molar-refractivity contribution is 9.10. The lowest BCUT2D eigenvalue weighted by Crippen LogP contribution is -2.12. The van der Waals surface area contributed by atoms with Gasteiger partial charge in [-0.15, -0.1) is 0 Å². The highest BCUT2D eigenvalue weighted by atomic mass is 79.9. The molecule has 0 saturated heterocycles. The molecule has 0 fully saturated rings. The predicted octanol–water partition coefficient (Wildman–Crippen LogP) is 4.63. The van der Waals surface area contributed by atoms with Crippen molar-refractivity contribution in [2.75, 3.05) is 5.32 Å². The molecule has 0 spiro atoms. The van der Waals surface area contributed by atoms with E-state index in [-0.39, 0.29) is 17.2 Å². The zero-order chi connectivity index (χ0) is 18.5. The van der Waals surface area contributed by atoms with E-state index in [1.54, 1.807) is 54.6 Å². The molecule has 0 aliphatic rings. The minimum Gasteiger partial charge on any atom is -0.507 e. The summed E-state index contributed by atoms with van der Waals surface area (Å²) in [5.41, 5.74) is 0.849. The Morgan fingerprint density at radius 3 is 2.27 bits per heavy atom. The average Bonchev–Trinajstić information content (AvgIpc) is 2.63. The molecular weight excluding hydrogens is 398 g/mol. The first kappa shape index (κ1) is 17.7. The number of hydrogen-bond acceptors (Lipinski definition) is 4. The third kappa shape index (κ3) is 4.29. The highest BCUT2D eigenvalue weighted by Crippen LogP contribution is 2.24. The van der Waals surface area contributed by atoms with E-state index in [0.29, 0.717) is 17.0 Å². The van der Waals surface area contributed by atoms with Crippen molar-refractivity contribution >= 4 is 33.5 Å². The molecule has 5 nitrogen and oxygen atoms in total. The van der Waals surface area contributed by atoms with E-state index in [1.807, 2.05) is 0 Å². The normalized spacial score (nSPS) is 10.2. The van der Waals surface area contributed by atoms with E-state index in [1.165, 1.54) is 18.2 Å². The summed E-state index contributed by atoms with van der Waals surface area (Å²) >= 11 is 3.31. The molecule has 0 atom stereocenters. The van der Waals surface area contributed by atoms with Gasteiger partial charge in [-0.05, 0) is 48.5 Å². The molecule has 0 bridgehead atoms. The number of nitrogens with one attached hydrogen (secondary N) is 1. The van der Waals surface area contributed by atoms with Gasteiger partial charge in [-0.2, -0.15) is 0 Å². The van der Waals surface area contributed by atoms with Crippen LogP contribution < -0.4 is 10.1 Å². The van der Waals surface area contributed by atoms with Gasteiger partial charge in [-0.25, -0.2) is 4.79 Å². The average molecular weight is 412 g/mol. The van der Waals surface area contributed by atoms with Crippen LogP contribution in [0.25, 0.3) is 0 Å². The quantitative estimate of drug-likeness (QED) is 0.484. The van der Waals surface area contributed by atoms with Crippen molar-refractivity contribution in [3.8, 4) is 11.5 Å². The summed E-state index contributed by atoms with van der Waals surface area (Å²) in [5, 5.41) is 12.8. The van der Waals surface area contributed by atoms with Crippen LogP contribution in [-0.4, -0.2) is 17.0 Å². The first-order valence-electron chi connectivity index (χ1n) is 7.70. The standard InChI is InChI=1S/C20H14BrNO4/c21-14-8-6-13(7-9-14)19(24)22-15-10-11-17(18(23)12-15)20(25)26-16-4-2-1-3-5-16/h1-12,23H,(H,22,24). The van der Waals surface area contributed by atoms with Crippen LogP contribution in [0.3, 0.4) is 0 Å². The number of carbonyl (C=O) groups is 2. The largest absolute Gasteiger partial charge is 0.507 e. The molecule has 130 valence electrons. The minimum absolute atomic E-state index is 0.00972. The molecule has 0 saturated carbocycles. The van der Waals surface area contributed by atoms with E-state index >= 15 is 0 Å². The number of carbonyl (C=O) groups excluding carboxylic acids is 2. The van der Waals surface area contributed by atoms with Crippen LogP contribution >= 0.6 is 15.9 Å². The van der Waals surface area contributed by atoms with E-state index in [4.69, 9.17) is 4.74 Å². The van der Waals surface area contributed by atoms with Crippen molar-refractivity contribution in [1.29, 1.82) is 0 Å². The highest BCUT2D eigenvalue weighted by Gasteiger charge is 2.15. The molecule has 2 N–H and O–H groups in total. The third-order valence-corrected chi connectivity index (χ3v) is 4.06. The molecule has 3 aromatic carbocycles. The van der Waals surface area contributed by atoms with Crippen LogP contribution in [0.4, 0.5) is 5.69 Å². The Bertz CT molecular complexity index is 940. The van der Waals surface area contributed by atoms with E-state index < -0.39 is 5.97 Å². The molecule has 0 radical (unpaired) electrons. The van der Waals surface area contributed by atoms with Gasteiger partial charge >= 0.3 is 5.97 Å². The van der Waals surface area contributed by atoms with E-state index in [0.717, 1.165) is 4.47 Å². The van der Waals surface area contributed by atoms with Gasteiger partial charge in [-0.3, -0.25) is 4.79 Å². The SMILES string of the molecule is O=C(Nc1ccc(C(=O)Oc2ccccc2)c(O)c1)c1ccc(Br)cc1. The smallest absolute Gasteiger partial charge is 0.347 e.